The first-order valence-electron chi connectivity index (χ1n) is 6.43. The zero-order valence-corrected chi connectivity index (χ0v) is 13.2. The van der Waals surface area contributed by atoms with E-state index in [-0.39, 0.29) is 10.5 Å². The van der Waals surface area contributed by atoms with E-state index in [2.05, 4.69) is 0 Å². The number of hydrogen-bond acceptors (Lipinski definition) is 4. The Morgan fingerprint density at radius 3 is 1.95 bits per heavy atom. The first-order chi connectivity index (χ1) is 9.59. The number of carboxylic acid groups (broad SMARTS) is 1. The molecule has 0 heterocycles. The van der Waals surface area contributed by atoms with Gasteiger partial charge in [-0.1, -0.05) is 0 Å². The topological polar surface area (TPSA) is 91.8 Å². The van der Waals surface area contributed by atoms with E-state index in [0.29, 0.717) is 0 Å². The van der Waals surface area contributed by atoms with Gasteiger partial charge in [-0.3, -0.25) is 4.79 Å². The summed E-state index contributed by atoms with van der Waals surface area (Å²) in [5.74, 6) is -1.58. The third-order valence-corrected chi connectivity index (χ3v) is 5.48. The summed E-state index contributed by atoms with van der Waals surface area (Å²) >= 11 is 0. The van der Waals surface area contributed by atoms with Crippen molar-refractivity contribution < 1.29 is 23.1 Å². The molecule has 6 nitrogen and oxygen atoms in total. The van der Waals surface area contributed by atoms with Crippen LogP contribution in [0.2, 0.25) is 0 Å². The molecular weight excluding hydrogens is 294 g/mol. The van der Waals surface area contributed by atoms with Crippen LogP contribution in [0.3, 0.4) is 0 Å². The van der Waals surface area contributed by atoms with E-state index in [0.717, 1.165) is 4.90 Å². The molecule has 1 rings (SSSR count). The van der Waals surface area contributed by atoms with Crippen LogP contribution in [0, 0.1) is 0 Å². The molecule has 7 heteroatoms. The number of amides is 1. The number of carbonyl (C=O) groups excluding carboxylic acids is 1. The van der Waals surface area contributed by atoms with Crippen molar-refractivity contribution in [2.45, 2.75) is 37.0 Å². The Balaban J connectivity index is 3.03. The Labute approximate surface area is 124 Å². The second-order valence-electron chi connectivity index (χ2n) is 5.05. The molecule has 1 N–H and O–H groups in total. The maximum absolute atomic E-state index is 12.1. The van der Waals surface area contributed by atoms with Crippen molar-refractivity contribution in [1.29, 1.82) is 0 Å². The van der Waals surface area contributed by atoms with Gasteiger partial charge in [-0.25, -0.2) is 13.2 Å². The van der Waals surface area contributed by atoms with Crippen molar-refractivity contribution in [3.63, 3.8) is 0 Å². The molecule has 1 amide bonds. The number of carboxylic acids is 1. The molecule has 1 aromatic rings. The molecule has 0 radical (unpaired) electrons. The highest BCUT2D eigenvalue weighted by molar-refractivity contribution is 7.92. The molecule has 0 fully saturated rings. The van der Waals surface area contributed by atoms with Crippen LogP contribution in [-0.2, 0) is 14.6 Å². The molecule has 1 atom stereocenters. The number of benzene rings is 1. The Kier molecular flexibility index (Phi) is 5.11. The molecule has 0 aliphatic carbocycles. The van der Waals surface area contributed by atoms with Gasteiger partial charge >= 0.3 is 5.97 Å². The fraction of sp³-hybridized carbons (Fsp3) is 0.429. The van der Waals surface area contributed by atoms with Gasteiger partial charge in [-0.15, -0.1) is 0 Å². The van der Waals surface area contributed by atoms with Crippen molar-refractivity contribution in [3.05, 3.63) is 29.8 Å². The molecule has 0 aromatic heterocycles. The largest absolute Gasteiger partial charge is 0.480 e. The van der Waals surface area contributed by atoms with Crippen LogP contribution in [0.25, 0.3) is 0 Å². The van der Waals surface area contributed by atoms with Crippen LogP contribution in [0.5, 0.6) is 0 Å². The lowest BCUT2D eigenvalue weighted by atomic mass is 10.2. The first kappa shape index (κ1) is 17.2. The summed E-state index contributed by atoms with van der Waals surface area (Å²) < 4.78 is 23.9. The van der Waals surface area contributed by atoms with E-state index >= 15 is 0 Å². The van der Waals surface area contributed by atoms with Gasteiger partial charge in [0.1, 0.15) is 6.04 Å². The maximum Gasteiger partial charge on any atom is 0.326 e. The predicted molar refractivity (Wildman–Crippen MR) is 78.0 cm³/mol. The highest BCUT2D eigenvalue weighted by Gasteiger charge is 2.24. The normalized spacial score (nSPS) is 13.0. The monoisotopic (exact) mass is 313 g/mol. The van der Waals surface area contributed by atoms with E-state index in [1.807, 2.05) is 0 Å². The van der Waals surface area contributed by atoms with Gasteiger partial charge in [0, 0.05) is 12.6 Å². The molecule has 116 valence electrons. The molecule has 0 saturated heterocycles. The number of aliphatic carboxylic acids is 1. The van der Waals surface area contributed by atoms with E-state index in [9.17, 15) is 18.0 Å². The summed E-state index contributed by atoms with van der Waals surface area (Å²) in [6.45, 7) is 4.56. The summed E-state index contributed by atoms with van der Waals surface area (Å²) in [6.07, 6.45) is 0. The molecule has 0 aliphatic heterocycles. The molecule has 1 unspecified atom stereocenters. The van der Waals surface area contributed by atoms with Crippen LogP contribution in [0.15, 0.2) is 29.2 Å². The molecule has 0 saturated carbocycles. The summed E-state index contributed by atoms with van der Waals surface area (Å²) in [6, 6.07) is 4.55. The molecule has 0 bridgehead atoms. The van der Waals surface area contributed by atoms with Crippen LogP contribution in [0.1, 0.15) is 31.1 Å². The summed E-state index contributed by atoms with van der Waals surface area (Å²) in [5, 5.41) is 8.34. The van der Waals surface area contributed by atoms with Crippen molar-refractivity contribution in [2.24, 2.45) is 0 Å². The number of sulfone groups is 1. The lowest BCUT2D eigenvalue weighted by Gasteiger charge is -2.21. The maximum atomic E-state index is 12.1. The third-order valence-electron chi connectivity index (χ3n) is 3.31. The Hall–Kier alpha value is -1.89. The minimum absolute atomic E-state index is 0.142. The Morgan fingerprint density at radius 1 is 1.10 bits per heavy atom. The van der Waals surface area contributed by atoms with E-state index in [1.165, 1.54) is 38.2 Å². The molecule has 0 aliphatic rings. The van der Waals surface area contributed by atoms with Gasteiger partial charge in [-0.05, 0) is 45.0 Å². The predicted octanol–water partition coefficient (Wildman–Crippen LogP) is 1.41. The third kappa shape index (κ3) is 3.60. The number of rotatable bonds is 5. The average molecular weight is 313 g/mol. The van der Waals surface area contributed by atoms with Gasteiger partial charge in [0.15, 0.2) is 9.84 Å². The van der Waals surface area contributed by atoms with Gasteiger partial charge in [0.2, 0.25) is 0 Å². The van der Waals surface area contributed by atoms with E-state index in [4.69, 9.17) is 5.11 Å². The summed E-state index contributed by atoms with van der Waals surface area (Å²) in [5.41, 5.74) is 0.244. The lowest BCUT2D eigenvalue weighted by molar-refractivity contribution is -0.141. The average Bonchev–Trinajstić information content (AvgIpc) is 2.44. The van der Waals surface area contributed by atoms with Crippen molar-refractivity contribution >= 4 is 21.7 Å². The van der Waals surface area contributed by atoms with Crippen LogP contribution in [0.4, 0.5) is 0 Å². The van der Waals surface area contributed by atoms with Crippen molar-refractivity contribution in [3.8, 4) is 0 Å². The van der Waals surface area contributed by atoms with Gasteiger partial charge in [-0.2, -0.15) is 0 Å². The van der Waals surface area contributed by atoms with Gasteiger partial charge < -0.3 is 10.0 Å². The zero-order chi connectivity index (χ0) is 16.4. The fourth-order valence-electron chi connectivity index (χ4n) is 1.60. The number of nitrogens with zero attached hydrogens (tertiary/aromatic N) is 1. The molecule has 1 aromatic carbocycles. The minimum Gasteiger partial charge on any atom is -0.480 e. The van der Waals surface area contributed by atoms with Crippen molar-refractivity contribution in [2.75, 3.05) is 7.05 Å². The summed E-state index contributed by atoms with van der Waals surface area (Å²) in [4.78, 5) is 24.2. The molecular formula is C14H19NO5S. The quantitative estimate of drug-likeness (QED) is 0.887. The smallest absolute Gasteiger partial charge is 0.326 e. The van der Waals surface area contributed by atoms with Gasteiger partial charge in [0.25, 0.3) is 5.91 Å². The fourth-order valence-corrected chi connectivity index (χ4v) is 2.66. The highest BCUT2D eigenvalue weighted by Crippen LogP contribution is 2.17. The Morgan fingerprint density at radius 2 is 1.57 bits per heavy atom. The summed E-state index contributed by atoms with van der Waals surface area (Å²) in [7, 11) is -2.00. The SMILES string of the molecule is CC(C(=O)O)N(C)C(=O)c1ccc(S(=O)(=O)C(C)C)cc1. The van der Waals surface area contributed by atoms with Crippen LogP contribution in [-0.4, -0.2) is 48.6 Å². The van der Waals surface area contributed by atoms with Gasteiger partial charge in [0.05, 0.1) is 10.1 Å². The first-order valence-corrected chi connectivity index (χ1v) is 7.97. The van der Waals surface area contributed by atoms with Crippen molar-refractivity contribution in [1.82, 2.24) is 4.90 Å². The van der Waals surface area contributed by atoms with Crippen LogP contribution >= 0.6 is 0 Å². The van der Waals surface area contributed by atoms with E-state index in [1.54, 1.807) is 13.8 Å². The zero-order valence-electron chi connectivity index (χ0n) is 12.4. The number of likely N-dealkylation sites (N-methyl/N-ethyl adjacent to an activating group) is 1. The number of hydrogen-bond donors (Lipinski definition) is 1. The van der Waals surface area contributed by atoms with E-state index < -0.39 is 33.0 Å². The number of carbonyl (C=O) groups is 2. The van der Waals surface area contributed by atoms with Crippen LogP contribution < -0.4 is 0 Å². The highest BCUT2D eigenvalue weighted by atomic mass is 32.2. The Bertz CT molecular complexity index is 634. The minimum atomic E-state index is -3.39. The molecule has 21 heavy (non-hydrogen) atoms. The molecule has 0 spiro atoms. The second kappa shape index (κ2) is 6.26. The lowest BCUT2D eigenvalue weighted by Crippen LogP contribution is -2.40. The standard InChI is InChI=1S/C14H19NO5S/c1-9(2)21(19,20)12-7-5-11(6-8-12)13(16)15(4)10(3)14(17)18/h5-10H,1-4H3,(H,17,18). The second-order valence-corrected chi connectivity index (χ2v) is 7.55.